The highest BCUT2D eigenvalue weighted by atomic mass is 32.2. The van der Waals surface area contributed by atoms with Crippen LogP contribution >= 0.6 is 0 Å². The summed E-state index contributed by atoms with van der Waals surface area (Å²) in [6, 6.07) is 6.11. The van der Waals surface area contributed by atoms with Crippen LogP contribution in [0.15, 0.2) is 34.3 Å². The molecule has 0 spiro atoms. The van der Waals surface area contributed by atoms with Crippen molar-refractivity contribution in [2.45, 2.75) is 38.5 Å². The molecule has 0 aromatic heterocycles. The van der Waals surface area contributed by atoms with Gasteiger partial charge in [-0.25, -0.2) is 0 Å². The van der Waals surface area contributed by atoms with Gasteiger partial charge in [0.05, 0.1) is 13.2 Å². The molecule has 0 fully saturated rings. The van der Waals surface area contributed by atoms with Crippen molar-refractivity contribution in [2.75, 3.05) is 13.2 Å². The quantitative estimate of drug-likeness (QED) is 0.263. The number of hydrogen-bond donors (Lipinski definition) is 0. The Morgan fingerprint density at radius 3 is 2.12 bits per heavy atom. The minimum absolute atomic E-state index is 0.0174. The Morgan fingerprint density at radius 1 is 1.08 bits per heavy atom. The summed E-state index contributed by atoms with van der Waals surface area (Å²) in [5.74, 6) is -2.46. The first-order valence-corrected chi connectivity index (χ1v) is 9.58. The first kappa shape index (κ1) is 21.6. The van der Waals surface area contributed by atoms with Gasteiger partial charge in [0.2, 0.25) is 0 Å². The second-order valence-electron chi connectivity index (χ2n) is 5.26. The maximum absolute atomic E-state index is 11.9. The van der Waals surface area contributed by atoms with Gasteiger partial charge in [-0.1, -0.05) is 22.9 Å². The van der Waals surface area contributed by atoms with Gasteiger partial charge in [-0.3, -0.25) is 13.9 Å². The van der Waals surface area contributed by atoms with Gasteiger partial charge >= 0.3 is 22.1 Å². The number of aryl methyl sites for hydroxylation is 1. The first-order valence-electron chi connectivity index (χ1n) is 8.17. The summed E-state index contributed by atoms with van der Waals surface area (Å²) in [6.07, 6.45) is 1.37. The van der Waals surface area contributed by atoms with Crippen molar-refractivity contribution < 1.29 is 31.8 Å². The Labute approximate surface area is 153 Å². The summed E-state index contributed by atoms with van der Waals surface area (Å²) < 4.78 is 38.1. The van der Waals surface area contributed by atoms with Gasteiger partial charge in [-0.2, -0.15) is 8.42 Å². The van der Waals surface area contributed by atoms with Crippen LogP contribution < -0.4 is 0 Å². The third-order valence-electron chi connectivity index (χ3n) is 3.25. The molecule has 0 atom stereocenters. The molecule has 0 aliphatic heterocycles. The lowest BCUT2D eigenvalue weighted by atomic mass is 10.0. The molecule has 144 valence electrons. The van der Waals surface area contributed by atoms with Crippen molar-refractivity contribution in [3.05, 3.63) is 29.8 Å². The Balaban J connectivity index is 2.61. The van der Waals surface area contributed by atoms with Crippen LogP contribution in [0.3, 0.4) is 0 Å². The summed E-state index contributed by atoms with van der Waals surface area (Å²) in [7, 11) is -4.01. The van der Waals surface area contributed by atoms with E-state index < -0.39 is 28.0 Å². The highest BCUT2D eigenvalue weighted by Gasteiger charge is 2.28. The zero-order valence-corrected chi connectivity index (χ0v) is 15.8. The molecule has 0 unspecified atom stereocenters. The van der Waals surface area contributed by atoms with E-state index >= 15 is 0 Å². The summed E-state index contributed by atoms with van der Waals surface area (Å²) >= 11 is 0. The first-order chi connectivity index (χ1) is 12.3. The van der Waals surface area contributed by atoms with Crippen LogP contribution in [0.25, 0.3) is 0 Å². The maximum Gasteiger partial charge on any atom is 0.358 e. The Bertz CT molecular complexity index is 708. The molecule has 9 heteroatoms. The molecule has 1 aromatic rings. The van der Waals surface area contributed by atoms with Gasteiger partial charge in [0.1, 0.15) is 4.90 Å². The van der Waals surface area contributed by atoms with Crippen LogP contribution in [-0.4, -0.2) is 39.8 Å². The van der Waals surface area contributed by atoms with Crippen LogP contribution in [0.5, 0.6) is 0 Å². The number of nitrogens with zero attached hydrogens (tertiary/aromatic N) is 1. The number of benzene rings is 1. The molecule has 0 aliphatic carbocycles. The average Bonchev–Trinajstić information content (AvgIpc) is 2.58. The van der Waals surface area contributed by atoms with Crippen LogP contribution in [0, 0.1) is 12.8 Å². The molecule has 0 radical (unpaired) electrons. The molecular weight excluding hydrogens is 362 g/mol. The van der Waals surface area contributed by atoms with E-state index in [1.807, 2.05) is 6.92 Å². The van der Waals surface area contributed by atoms with Crippen molar-refractivity contribution in [3.8, 4) is 0 Å². The normalized spacial score (nSPS) is 11.5. The number of rotatable bonds is 10. The van der Waals surface area contributed by atoms with Gasteiger partial charge in [0.15, 0.2) is 5.92 Å². The second kappa shape index (κ2) is 10.5. The van der Waals surface area contributed by atoms with Crippen LogP contribution in [0.4, 0.5) is 0 Å². The van der Waals surface area contributed by atoms with E-state index in [2.05, 4.69) is 9.44 Å². The van der Waals surface area contributed by atoms with Gasteiger partial charge in [-0.05, 0) is 45.7 Å². The fraction of sp³-hybridized carbons (Fsp3) is 0.471. The van der Waals surface area contributed by atoms with Gasteiger partial charge in [0, 0.05) is 6.21 Å². The number of ether oxygens (including phenoxy) is 2. The summed E-state index contributed by atoms with van der Waals surface area (Å²) in [5.41, 5.74) is 0.913. The molecule has 0 saturated heterocycles. The van der Waals surface area contributed by atoms with Crippen molar-refractivity contribution in [1.29, 1.82) is 0 Å². The lowest BCUT2D eigenvalue weighted by Crippen LogP contribution is -2.28. The predicted molar refractivity (Wildman–Crippen MR) is 93.9 cm³/mol. The fourth-order valence-corrected chi connectivity index (χ4v) is 2.68. The minimum atomic E-state index is -4.01. The van der Waals surface area contributed by atoms with E-state index in [-0.39, 0.29) is 31.0 Å². The maximum atomic E-state index is 11.9. The van der Waals surface area contributed by atoms with Crippen molar-refractivity contribution in [3.63, 3.8) is 0 Å². The predicted octanol–water partition coefficient (Wildman–Crippen LogP) is 2.21. The molecule has 0 amide bonds. The van der Waals surface area contributed by atoms with Gasteiger partial charge in [0.25, 0.3) is 0 Å². The SMILES string of the molecule is CCOC(=O)C(CC/C=N/OS(=O)(=O)c1ccc(C)cc1)C(=O)OCC. The van der Waals surface area contributed by atoms with Crippen LogP contribution in [-0.2, 0) is 33.5 Å². The number of hydrogen-bond acceptors (Lipinski definition) is 8. The third-order valence-corrected chi connectivity index (χ3v) is 4.38. The second-order valence-corrected chi connectivity index (χ2v) is 6.79. The Morgan fingerprint density at radius 2 is 1.62 bits per heavy atom. The molecule has 26 heavy (non-hydrogen) atoms. The summed E-state index contributed by atoms with van der Waals surface area (Å²) in [4.78, 5) is 23.6. The number of esters is 2. The zero-order valence-electron chi connectivity index (χ0n) is 15.0. The number of oxime groups is 1. The van der Waals surface area contributed by atoms with Crippen molar-refractivity contribution in [1.82, 2.24) is 0 Å². The molecule has 0 saturated carbocycles. The molecule has 0 heterocycles. The zero-order chi connectivity index (χ0) is 19.6. The lowest BCUT2D eigenvalue weighted by Gasteiger charge is -2.12. The van der Waals surface area contributed by atoms with Crippen molar-refractivity contribution >= 4 is 28.3 Å². The highest BCUT2D eigenvalue weighted by Crippen LogP contribution is 2.14. The molecule has 0 aliphatic rings. The molecule has 1 aromatic carbocycles. The van der Waals surface area contributed by atoms with Crippen LogP contribution in [0.2, 0.25) is 0 Å². The molecule has 1 rings (SSSR count). The van der Waals surface area contributed by atoms with E-state index in [9.17, 15) is 18.0 Å². The highest BCUT2D eigenvalue weighted by molar-refractivity contribution is 7.86. The number of carbonyl (C=O) groups is 2. The molecule has 8 nitrogen and oxygen atoms in total. The fourth-order valence-electron chi connectivity index (χ4n) is 1.95. The average molecular weight is 385 g/mol. The lowest BCUT2D eigenvalue weighted by molar-refractivity contribution is -0.161. The molecule has 0 N–H and O–H groups in total. The smallest absolute Gasteiger partial charge is 0.358 e. The number of carbonyl (C=O) groups excluding carboxylic acids is 2. The van der Waals surface area contributed by atoms with Gasteiger partial charge < -0.3 is 9.47 Å². The Kier molecular flexibility index (Phi) is 8.77. The van der Waals surface area contributed by atoms with E-state index in [4.69, 9.17) is 9.47 Å². The third kappa shape index (κ3) is 6.83. The topological polar surface area (TPSA) is 108 Å². The van der Waals surface area contributed by atoms with E-state index in [0.717, 1.165) is 5.56 Å². The van der Waals surface area contributed by atoms with Crippen LogP contribution in [0.1, 0.15) is 32.3 Å². The largest absolute Gasteiger partial charge is 0.465 e. The minimum Gasteiger partial charge on any atom is -0.465 e. The standard InChI is InChI=1S/C17H23NO7S/c1-4-23-16(19)15(17(20)24-5-2)7-6-12-18-25-26(21,22)14-10-8-13(3)9-11-14/h8-12,15H,4-7H2,1-3H3/b18-12+. The van der Waals surface area contributed by atoms with Gasteiger partial charge in [-0.15, -0.1) is 0 Å². The van der Waals surface area contributed by atoms with E-state index in [1.54, 1.807) is 26.0 Å². The summed E-state index contributed by atoms with van der Waals surface area (Å²) in [6.45, 7) is 5.37. The summed E-state index contributed by atoms with van der Waals surface area (Å²) in [5, 5.41) is 3.41. The molecule has 0 bridgehead atoms. The van der Waals surface area contributed by atoms with Crippen molar-refractivity contribution in [2.24, 2.45) is 11.1 Å². The van der Waals surface area contributed by atoms with E-state index in [0.29, 0.717) is 0 Å². The Hall–Kier alpha value is -2.42. The van der Waals surface area contributed by atoms with E-state index in [1.165, 1.54) is 18.3 Å². The molecular formula is C17H23NO7S. The monoisotopic (exact) mass is 385 g/mol.